The lowest BCUT2D eigenvalue weighted by atomic mass is 10.0. The third-order valence-electron chi connectivity index (χ3n) is 9.07. The van der Waals surface area contributed by atoms with Gasteiger partial charge < -0.3 is 29.7 Å². The fourth-order valence-electron chi connectivity index (χ4n) is 5.65. The maximum Gasteiger partial charge on any atom is 0.472 e. The molecule has 0 amide bonds. The van der Waals surface area contributed by atoms with Crippen LogP contribution in [0.15, 0.2) is 48.6 Å². The van der Waals surface area contributed by atoms with Gasteiger partial charge in [-0.1, -0.05) is 165 Å². The van der Waals surface area contributed by atoms with Crippen molar-refractivity contribution in [3.63, 3.8) is 0 Å². The van der Waals surface area contributed by atoms with Gasteiger partial charge in [-0.15, -0.1) is 0 Å². The number of aliphatic hydroxyl groups excluding tert-OH is 3. The molecule has 0 aromatic carbocycles. The zero-order valence-corrected chi connectivity index (χ0v) is 35.8. The van der Waals surface area contributed by atoms with E-state index in [1.54, 1.807) is 12.2 Å². The second kappa shape index (κ2) is 39.7. The van der Waals surface area contributed by atoms with Crippen LogP contribution in [0.3, 0.4) is 0 Å². The first kappa shape index (κ1) is 53.9. The molecule has 0 aromatic rings. The highest BCUT2D eigenvalue weighted by molar-refractivity contribution is 7.47. The Morgan fingerprint density at radius 2 is 1.14 bits per heavy atom. The van der Waals surface area contributed by atoms with Crippen LogP contribution in [0.5, 0.6) is 0 Å². The minimum atomic E-state index is -4.65. The standard InChI is InChI=1S/C44H79O11P/c1-3-5-7-9-11-13-14-15-16-17-18-20-22-26-31-35-44(49)55-42(39-54-56(50,51)53-37-41(47)36-45)38-52-43(48)34-30-27-23-25-29-33-40(46)32-28-24-21-19-12-10-8-6-4-2/h12,19,23-25,28-29,33,40-42,45-47H,3-11,13-18,20-22,26-27,30-32,34-39H2,1-2H3,(H,50,51)/b19-12-,25-23+,28-24-,33-29-/t40?,41-,42+/m0/s1. The fourth-order valence-corrected chi connectivity index (χ4v) is 6.44. The average Bonchev–Trinajstić information content (AvgIpc) is 3.18. The molecule has 56 heavy (non-hydrogen) atoms. The Bertz CT molecular complexity index is 1090. The molecule has 0 rings (SSSR count). The van der Waals surface area contributed by atoms with Crippen LogP contribution in [0.4, 0.5) is 0 Å². The van der Waals surface area contributed by atoms with Gasteiger partial charge in [-0.25, -0.2) is 4.57 Å². The van der Waals surface area contributed by atoms with E-state index >= 15 is 0 Å². The normalized spacial score (nSPS) is 14.9. The molecule has 0 fully saturated rings. The van der Waals surface area contributed by atoms with Gasteiger partial charge in [0.15, 0.2) is 6.10 Å². The Hall–Kier alpha value is -2.11. The monoisotopic (exact) mass is 815 g/mol. The lowest BCUT2D eigenvalue weighted by Gasteiger charge is -2.20. The SMILES string of the molecule is CCCCC/C=C\C/C=C\CC(O)/C=C\C=C\CCCC(=O)OC[C@H](COP(=O)(O)OC[C@@H](O)CO)OC(=O)CCCCCCCCCCCCCCCCC. The van der Waals surface area contributed by atoms with E-state index in [-0.39, 0.29) is 19.4 Å². The topological polar surface area (TPSA) is 169 Å². The Balaban J connectivity index is 4.47. The number of aliphatic hydroxyl groups is 3. The van der Waals surface area contributed by atoms with Crippen LogP contribution >= 0.6 is 7.82 Å². The molecule has 0 aromatic heterocycles. The summed E-state index contributed by atoms with van der Waals surface area (Å²) in [5, 5.41) is 28.4. The van der Waals surface area contributed by atoms with Crippen LogP contribution in [0.1, 0.15) is 174 Å². The van der Waals surface area contributed by atoms with Gasteiger partial charge >= 0.3 is 19.8 Å². The summed E-state index contributed by atoms with van der Waals surface area (Å²) in [6.45, 7) is 2.19. The van der Waals surface area contributed by atoms with Crippen molar-refractivity contribution in [1.82, 2.24) is 0 Å². The number of carbonyl (C=O) groups is 2. The van der Waals surface area contributed by atoms with Crippen molar-refractivity contribution >= 4 is 19.8 Å². The Morgan fingerprint density at radius 3 is 1.77 bits per heavy atom. The van der Waals surface area contributed by atoms with Crippen LogP contribution < -0.4 is 0 Å². The van der Waals surface area contributed by atoms with Gasteiger partial charge in [0.25, 0.3) is 0 Å². The fraction of sp³-hybridized carbons (Fsp3) is 0.773. The number of hydrogen-bond acceptors (Lipinski definition) is 10. The lowest BCUT2D eigenvalue weighted by molar-refractivity contribution is -0.161. The highest BCUT2D eigenvalue weighted by atomic mass is 31.2. The number of hydrogen-bond donors (Lipinski definition) is 4. The molecule has 0 saturated heterocycles. The second-order valence-corrected chi connectivity index (χ2v) is 16.0. The first-order chi connectivity index (χ1) is 27.1. The smallest absolute Gasteiger partial charge is 0.462 e. The summed E-state index contributed by atoms with van der Waals surface area (Å²) in [4.78, 5) is 35.0. The first-order valence-electron chi connectivity index (χ1n) is 21.7. The molecule has 12 heteroatoms. The number of carbonyl (C=O) groups excluding carboxylic acids is 2. The first-order valence-corrected chi connectivity index (χ1v) is 23.2. The van der Waals surface area contributed by atoms with E-state index in [1.807, 2.05) is 18.2 Å². The predicted molar refractivity (Wildman–Crippen MR) is 225 cm³/mol. The highest BCUT2D eigenvalue weighted by Gasteiger charge is 2.27. The summed E-state index contributed by atoms with van der Waals surface area (Å²) in [5.74, 6) is -1.05. The summed E-state index contributed by atoms with van der Waals surface area (Å²) < 4.78 is 32.6. The van der Waals surface area contributed by atoms with Gasteiger partial charge in [0, 0.05) is 12.8 Å². The number of phosphoric acid groups is 1. The molecule has 0 heterocycles. The van der Waals surface area contributed by atoms with Crippen molar-refractivity contribution in [1.29, 1.82) is 0 Å². The number of rotatable bonds is 40. The Labute approximate surface area is 339 Å². The average molecular weight is 815 g/mol. The number of phosphoric ester groups is 1. The van der Waals surface area contributed by atoms with Crippen molar-refractivity contribution < 1.29 is 52.9 Å². The van der Waals surface area contributed by atoms with Crippen molar-refractivity contribution in [3.05, 3.63) is 48.6 Å². The minimum Gasteiger partial charge on any atom is -0.462 e. The summed E-state index contributed by atoms with van der Waals surface area (Å²) >= 11 is 0. The number of ether oxygens (including phenoxy) is 2. The maximum absolute atomic E-state index is 12.6. The molecule has 4 atom stereocenters. The molecule has 11 nitrogen and oxygen atoms in total. The molecule has 326 valence electrons. The van der Waals surface area contributed by atoms with Crippen molar-refractivity contribution in [2.45, 2.75) is 193 Å². The van der Waals surface area contributed by atoms with Gasteiger partial charge in [0.05, 0.1) is 25.9 Å². The predicted octanol–water partition coefficient (Wildman–Crippen LogP) is 10.3. The number of unbranched alkanes of at least 4 members (excludes halogenated alkanes) is 18. The van der Waals surface area contributed by atoms with Crippen LogP contribution in [0.2, 0.25) is 0 Å². The van der Waals surface area contributed by atoms with E-state index in [2.05, 4.69) is 36.6 Å². The van der Waals surface area contributed by atoms with Crippen LogP contribution in [0, 0.1) is 0 Å². The van der Waals surface area contributed by atoms with Crippen LogP contribution in [-0.2, 0) is 32.7 Å². The van der Waals surface area contributed by atoms with E-state index < -0.39 is 57.9 Å². The van der Waals surface area contributed by atoms with Gasteiger partial charge in [0.1, 0.15) is 12.7 Å². The van der Waals surface area contributed by atoms with Crippen molar-refractivity contribution in [2.75, 3.05) is 26.4 Å². The molecular formula is C44H79O11P. The molecule has 0 aliphatic heterocycles. The number of esters is 2. The second-order valence-electron chi connectivity index (χ2n) is 14.6. The zero-order chi connectivity index (χ0) is 41.4. The maximum atomic E-state index is 12.6. The molecule has 4 N–H and O–H groups in total. The molecular weight excluding hydrogens is 735 g/mol. The number of allylic oxidation sites excluding steroid dienone is 6. The molecule has 0 aliphatic rings. The van der Waals surface area contributed by atoms with E-state index in [9.17, 15) is 29.3 Å². The molecule has 0 aliphatic carbocycles. The molecule has 2 unspecified atom stereocenters. The van der Waals surface area contributed by atoms with Gasteiger partial charge in [-0.2, -0.15) is 0 Å². The van der Waals surface area contributed by atoms with E-state index in [1.165, 1.54) is 89.9 Å². The quantitative estimate of drug-likeness (QED) is 0.0153. The minimum absolute atomic E-state index is 0.107. The third kappa shape index (κ3) is 38.7. The lowest BCUT2D eigenvalue weighted by Crippen LogP contribution is -2.29. The Kier molecular flexibility index (Phi) is 38.2. The Morgan fingerprint density at radius 1 is 0.607 bits per heavy atom. The van der Waals surface area contributed by atoms with Gasteiger partial charge in [-0.05, 0) is 44.9 Å². The molecule has 0 bridgehead atoms. The highest BCUT2D eigenvalue weighted by Crippen LogP contribution is 2.43. The third-order valence-corrected chi connectivity index (χ3v) is 10.0. The summed E-state index contributed by atoms with van der Waals surface area (Å²) in [7, 11) is -4.65. The van der Waals surface area contributed by atoms with Gasteiger partial charge in [-0.3, -0.25) is 18.6 Å². The molecule has 0 saturated carbocycles. The molecule has 0 spiro atoms. The van der Waals surface area contributed by atoms with E-state index in [0.29, 0.717) is 25.7 Å². The summed E-state index contributed by atoms with van der Waals surface area (Å²) in [6.07, 6.45) is 38.2. The van der Waals surface area contributed by atoms with Crippen molar-refractivity contribution in [3.8, 4) is 0 Å². The van der Waals surface area contributed by atoms with Gasteiger partial charge in [0.2, 0.25) is 0 Å². The van der Waals surface area contributed by atoms with E-state index in [4.69, 9.17) is 19.1 Å². The van der Waals surface area contributed by atoms with Crippen LogP contribution in [-0.4, -0.2) is 76.9 Å². The largest absolute Gasteiger partial charge is 0.472 e. The molecule has 0 radical (unpaired) electrons. The zero-order valence-electron chi connectivity index (χ0n) is 35.0. The van der Waals surface area contributed by atoms with E-state index in [0.717, 1.165) is 32.1 Å². The summed E-state index contributed by atoms with van der Waals surface area (Å²) in [6, 6.07) is 0. The van der Waals surface area contributed by atoms with Crippen molar-refractivity contribution in [2.24, 2.45) is 0 Å². The van der Waals surface area contributed by atoms with Crippen LogP contribution in [0.25, 0.3) is 0 Å². The summed E-state index contributed by atoms with van der Waals surface area (Å²) in [5.41, 5.74) is 0.